The van der Waals surface area contributed by atoms with Gasteiger partial charge in [-0.2, -0.15) is 0 Å². The molecule has 0 aliphatic heterocycles. The molecule has 0 radical (unpaired) electrons. The number of amides is 1. The molecule has 0 saturated carbocycles. The molecule has 2 N–H and O–H groups in total. The molecule has 0 spiro atoms. The van der Waals surface area contributed by atoms with E-state index < -0.39 is 5.97 Å². The van der Waals surface area contributed by atoms with Crippen molar-refractivity contribution in [3.8, 4) is 0 Å². The van der Waals surface area contributed by atoms with E-state index in [0.717, 1.165) is 0 Å². The summed E-state index contributed by atoms with van der Waals surface area (Å²) in [6, 6.07) is 10.2. The van der Waals surface area contributed by atoms with Crippen LogP contribution >= 0.6 is 0 Å². The van der Waals surface area contributed by atoms with Crippen LogP contribution in [0.2, 0.25) is 0 Å². The fourth-order valence-corrected chi connectivity index (χ4v) is 1.71. The summed E-state index contributed by atoms with van der Waals surface area (Å²) in [5.74, 6) is 0.249. The Morgan fingerprint density at radius 2 is 1.77 bits per heavy atom. The molecular formula is C15H16N4O3. The average molecular weight is 300 g/mol. The summed E-state index contributed by atoms with van der Waals surface area (Å²) in [4.78, 5) is 23.0. The van der Waals surface area contributed by atoms with E-state index >= 15 is 0 Å². The minimum absolute atomic E-state index is 0.133. The Morgan fingerprint density at radius 3 is 2.41 bits per heavy atom. The molecule has 0 atom stereocenters. The van der Waals surface area contributed by atoms with Gasteiger partial charge in [-0.05, 0) is 24.3 Å². The van der Waals surface area contributed by atoms with Gasteiger partial charge in [-0.15, -0.1) is 10.2 Å². The Labute approximate surface area is 127 Å². The lowest BCUT2D eigenvalue weighted by molar-refractivity contribution is -0.115. The number of hydrogen-bond acceptors (Lipinski definition) is 6. The van der Waals surface area contributed by atoms with E-state index in [1.165, 1.54) is 7.11 Å². The Balaban J connectivity index is 2.14. The van der Waals surface area contributed by atoms with E-state index in [9.17, 15) is 9.59 Å². The molecule has 1 aromatic carbocycles. The van der Waals surface area contributed by atoms with E-state index in [0.29, 0.717) is 29.3 Å². The van der Waals surface area contributed by atoms with Crippen LogP contribution < -0.4 is 10.6 Å². The highest BCUT2D eigenvalue weighted by Crippen LogP contribution is 2.20. The van der Waals surface area contributed by atoms with Crippen LogP contribution in [0.1, 0.15) is 23.7 Å². The average Bonchev–Trinajstić information content (AvgIpc) is 2.56. The van der Waals surface area contributed by atoms with E-state index in [2.05, 4.69) is 20.8 Å². The summed E-state index contributed by atoms with van der Waals surface area (Å²) in [6.07, 6.45) is 0.369. The number of rotatable bonds is 5. The Bertz CT molecular complexity index is 671. The van der Waals surface area contributed by atoms with Crippen LogP contribution in [0.3, 0.4) is 0 Å². The summed E-state index contributed by atoms with van der Waals surface area (Å²) >= 11 is 0. The zero-order valence-electron chi connectivity index (χ0n) is 12.3. The standard InChI is InChI=1S/C15H16N4O3/c1-3-14(20)17-13-9-8-12(18-19-13)16-11-7-5-4-6-10(11)15(21)22-2/h4-9H,3H2,1-2H3,(H,16,18)(H,17,19,20). The quantitative estimate of drug-likeness (QED) is 0.823. The van der Waals surface area contributed by atoms with Crippen LogP contribution in [0, 0.1) is 0 Å². The molecule has 114 valence electrons. The van der Waals surface area contributed by atoms with Crippen LogP contribution in [0.15, 0.2) is 36.4 Å². The van der Waals surface area contributed by atoms with Gasteiger partial charge in [0.15, 0.2) is 11.6 Å². The monoisotopic (exact) mass is 300 g/mol. The fraction of sp³-hybridized carbons (Fsp3) is 0.200. The fourth-order valence-electron chi connectivity index (χ4n) is 1.71. The molecule has 7 heteroatoms. The predicted octanol–water partition coefficient (Wildman–Crippen LogP) is 2.36. The number of esters is 1. The van der Waals surface area contributed by atoms with Gasteiger partial charge in [0, 0.05) is 6.42 Å². The number of nitrogens with zero attached hydrogens (tertiary/aromatic N) is 2. The summed E-state index contributed by atoms with van der Waals surface area (Å²) in [5.41, 5.74) is 0.962. The molecule has 0 saturated heterocycles. The maximum absolute atomic E-state index is 11.7. The number of para-hydroxylation sites is 1. The molecule has 1 amide bonds. The van der Waals surface area contributed by atoms with Crippen molar-refractivity contribution in [2.75, 3.05) is 17.7 Å². The first-order chi connectivity index (χ1) is 10.6. The zero-order valence-corrected chi connectivity index (χ0v) is 12.3. The van der Waals surface area contributed by atoms with Crippen molar-refractivity contribution in [2.45, 2.75) is 13.3 Å². The highest BCUT2D eigenvalue weighted by Gasteiger charge is 2.11. The third kappa shape index (κ3) is 3.78. The molecule has 0 aliphatic carbocycles. The largest absolute Gasteiger partial charge is 0.465 e. The first-order valence-corrected chi connectivity index (χ1v) is 6.72. The van der Waals surface area contributed by atoms with E-state index in [1.54, 1.807) is 43.3 Å². The normalized spacial score (nSPS) is 9.91. The molecule has 0 fully saturated rings. The molecule has 1 aromatic heterocycles. The van der Waals surface area contributed by atoms with Crippen molar-refractivity contribution in [2.24, 2.45) is 0 Å². The van der Waals surface area contributed by atoms with E-state index in [4.69, 9.17) is 4.74 Å². The van der Waals surface area contributed by atoms with Crippen molar-refractivity contribution >= 4 is 29.2 Å². The van der Waals surface area contributed by atoms with Gasteiger partial charge < -0.3 is 15.4 Å². The molecule has 0 aliphatic rings. The highest BCUT2D eigenvalue weighted by molar-refractivity contribution is 5.96. The van der Waals surface area contributed by atoms with Crippen molar-refractivity contribution in [3.05, 3.63) is 42.0 Å². The summed E-state index contributed by atoms with van der Waals surface area (Å²) in [7, 11) is 1.32. The van der Waals surface area contributed by atoms with Crippen LogP contribution in [-0.2, 0) is 9.53 Å². The maximum atomic E-state index is 11.7. The number of aromatic nitrogens is 2. The Kier molecular flexibility index (Phi) is 5.02. The minimum atomic E-state index is -0.442. The van der Waals surface area contributed by atoms with Gasteiger partial charge in [0.1, 0.15) is 0 Å². The number of carbonyl (C=O) groups excluding carboxylic acids is 2. The number of anilines is 3. The lowest BCUT2D eigenvalue weighted by Crippen LogP contribution is -2.11. The third-order valence-electron chi connectivity index (χ3n) is 2.85. The molecule has 0 unspecified atom stereocenters. The van der Waals surface area contributed by atoms with Gasteiger partial charge in [-0.1, -0.05) is 19.1 Å². The van der Waals surface area contributed by atoms with Crippen molar-refractivity contribution in [1.29, 1.82) is 0 Å². The molecule has 7 nitrogen and oxygen atoms in total. The van der Waals surface area contributed by atoms with Crippen LogP contribution in [0.4, 0.5) is 17.3 Å². The molecule has 2 rings (SSSR count). The SMILES string of the molecule is CCC(=O)Nc1ccc(Nc2ccccc2C(=O)OC)nn1. The summed E-state index contributed by atoms with van der Waals surface area (Å²) in [5, 5.41) is 13.5. The smallest absolute Gasteiger partial charge is 0.339 e. The first-order valence-electron chi connectivity index (χ1n) is 6.72. The molecule has 1 heterocycles. The van der Waals surface area contributed by atoms with Gasteiger partial charge in [0.2, 0.25) is 5.91 Å². The third-order valence-corrected chi connectivity index (χ3v) is 2.85. The second kappa shape index (κ2) is 7.16. The lowest BCUT2D eigenvalue weighted by Gasteiger charge is -2.10. The van der Waals surface area contributed by atoms with Gasteiger partial charge >= 0.3 is 5.97 Å². The van der Waals surface area contributed by atoms with Crippen LogP contribution in [-0.4, -0.2) is 29.2 Å². The minimum Gasteiger partial charge on any atom is -0.465 e. The van der Waals surface area contributed by atoms with Crippen molar-refractivity contribution in [1.82, 2.24) is 10.2 Å². The van der Waals surface area contributed by atoms with Gasteiger partial charge in [0.25, 0.3) is 0 Å². The molecular weight excluding hydrogens is 284 g/mol. The van der Waals surface area contributed by atoms with Crippen molar-refractivity contribution in [3.63, 3.8) is 0 Å². The zero-order chi connectivity index (χ0) is 15.9. The van der Waals surface area contributed by atoms with Crippen LogP contribution in [0.5, 0.6) is 0 Å². The number of methoxy groups -OCH3 is 1. The van der Waals surface area contributed by atoms with E-state index in [-0.39, 0.29) is 5.91 Å². The molecule has 22 heavy (non-hydrogen) atoms. The molecule has 0 bridgehead atoms. The van der Waals surface area contributed by atoms with Gasteiger partial charge in [0.05, 0.1) is 18.4 Å². The number of benzene rings is 1. The summed E-state index contributed by atoms with van der Waals surface area (Å²) in [6.45, 7) is 1.75. The van der Waals surface area contributed by atoms with Gasteiger partial charge in [-0.3, -0.25) is 4.79 Å². The topological polar surface area (TPSA) is 93.2 Å². The number of nitrogens with one attached hydrogen (secondary N) is 2. The second-order valence-electron chi connectivity index (χ2n) is 4.37. The lowest BCUT2D eigenvalue weighted by atomic mass is 10.2. The second-order valence-corrected chi connectivity index (χ2v) is 4.37. The number of ether oxygens (including phenoxy) is 1. The van der Waals surface area contributed by atoms with Crippen molar-refractivity contribution < 1.29 is 14.3 Å². The summed E-state index contributed by atoms with van der Waals surface area (Å²) < 4.78 is 4.73. The Hall–Kier alpha value is -2.96. The van der Waals surface area contributed by atoms with Crippen LogP contribution in [0.25, 0.3) is 0 Å². The van der Waals surface area contributed by atoms with Gasteiger partial charge in [-0.25, -0.2) is 4.79 Å². The molecule has 2 aromatic rings. The predicted molar refractivity (Wildman–Crippen MR) is 82.0 cm³/mol. The number of carbonyl (C=O) groups is 2. The first kappa shape index (κ1) is 15.4. The number of hydrogen-bond donors (Lipinski definition) is 2. The Morgan fingerprint density at radius 1 is 1.09 bits per heavy atom. The maximum Gasteiger partial charge on any atom is 0.339 e. The van der Waals surface area contributed by atoms with E-state index in [1.807, 2.05) is 0 Å². The highest BCUT2D eigenvalue weighted by atomic mass is 16.5.